The minimum absolute atomic E-state index is 0.170. The molecule has 1 fully saturated rings. The molecular formula is C16H20N4O2. The molecular weight excluding hydrogens is 280 g/mol. The lowest BCUT2D eigenvalue weighted by molar-refractivity contribution is 0.103. The Morgan fingerprint density at radius 3 is 2.91 bits per heavy atom. The van der Waals surface area contributed by atoms with Gasteiger partial charge in [0.2, 0.25) is 0 Å². The van der Waals surface area contributed by atoms with Crippen molar-refractivity contribution in [2.24, 2.45) is 0 Å². The van der Waals surface area contributed by atoms with Crippen LogP contribution >= 0.6 is 0 Å². The van der Waals surface area contributed by atoms with Crippen molar-refractivity contribution >= 4 is 6.09 Å². The van der Waals surface area contributed by atoms with Crippen molar-refractivity contribution in [3.63, 3.8) is 0 Å². The monoisotopic (exact) mass is 300 g/mol. The predicted octanol–water partition coefficient (Wildman–Crippen LogP) is 2.37. The molecule has 1 saturated heterocycles. The molecule has 2 heterocycles. The van der Waals surface area contributed by atoms with Gasteiger partial charge in [-0.1, -0.05) is 35.0 Å². The zero-order valence-corrected chi connectivity index (χ0v) is 12.7. The maximum absolute atomic E-state index is 11.8. The summed E-state index contributed by atoms with van der Waals surface area (Å²) in [5.41, 5.74) is 3.06. The van der Waals surface area contributed by atoms with Crippen molar-refractivity contribution in [1.82, 2.24) is 19.9 Å². The maximum Gasteiger partial charge on any atom is 0.410 e. The molecule has 0 spiro atoms. The van der Waals surface area contributed by atoms with Gasteiger partial charge in [-0.25, -0.2) is 9.48 Å². The van der Waals surface area contributed by atoms with Gasteiger partial charge in [-0.3, -0.25) is 0 Å². The van der Waals surface area contributed by atoms with E-state index in [4.69, 9.17) is 4.74 Å². The number of aryl methyl sites for hydroxylation is 1. The molecule has 1 aliphatic rings. The third-order valence-electron chi connectivity index (χ3n) is 3.72. The summed E-state index contributed by atoms with van der Waals surface area (Å²) >= 11 is 0. The molecule has 1 aromatic carbocycles. The van der Waals surface area contributed by atoms with Crippen LogP contribution in [0.4, 0.5) is 4.79 Å². The first-order valence-corrected chi connectivity index (χ1v) is 7.57. The predicted molar refractivity (Wildman–Crippen MR) is 81.3 cm³/mol. The first-order chi connectivity index (χ1) is 10.7. The van der Waals surface area contributed by atoms with Gasteiger partial charge in [0.25, 0.3) is 0 Å². The van der Waals surface area contributed by atoms with Crippen molar-refractivity contribution < 1.29 is 9.53 Å². The summed E-state index contributed by atoms with van der Waals surface area (Å²) in [6.07, 6.45) is 3.68. The topological polar surface area (TPSA) is 60.2 Å². The van der Waals surface area contributed by atoms with Gasteiger partial charge < -0.3 is 9.64 Å². The van der Waals surface area contributed by atoms with Crippen LogP contribution in [0.25, 0.3) is 0 Å². The van der Waals surface area contributed by atoms with Crippen molar-refractivity contribution in [3.05, 3.63) is 47.3 Å². The van der Waals surface area contributed by atoms with Crippen LogP contribution in [0.1, 0.15) is 29.7 Å². The molecule has 1 amide bonds. The number of likely N-dealkylation sites (tertiary alicyclic amines) is 1. The lowest BCUT2D eigenvalue weighted by Gasteiger charge is -2.13. The van der Waals surface area contributed by atoms with E-state index in [2.05, 4.69) is 35.4 Å². The van der Waals surface area contributed by atoms with E-state index in [1.807, 2.05) is 12.3 Å². The van der Waals surface area contributed by atoms with Crippen LogP contribution in [0.3, 0.4) is 0 Å². The molecule has 0 N–H and O–H groups in total. The standard InChI is InChI=1S/C16H20N4O2/c1-13-5-4-6-14(9-13)10-20-11-15(17-18-20)12-22-16(21)19-7-2-3-8-19/h4-6,9,11H,2-3,7-8,10,12H2,1H3. The Morgan fingerprint density at radius 1 is 1.32 bits per heavy atom. The Balaban J connectivity index is 1.53. The maximum atomic E-state index is 11.8. The third-order valence-corrected chi connectivity index (χ3v) is 3.72. The number of rotatable bonds is 4. The summed E-state index contributed by atoms with van der Waals surface area (Å²) < 4.78 is 7.02. The van der Waals surface area contributed by atoms with Crippen molar-refractivity contribution in [2.45, 2.75) is 32.9 Å². The second-order valence-corrected chi connectivity index (χ2v) is 5.65. The second-order valence-electron chi connectivity index (χ2n) is 5.65. The number of carbonyl (C=O) groups is 1. The van der Waals surface area contributed by atoms with Crippen molar-refractivity contribution in [3.8, 4) is 0 Å². The number of benzene rings is 1. The van der Waals surface area contributed by atoms with E-state index in [0.29, 0.717) is 12.2 Å². The van der Waals surface area contributed by atoms with Crippen LogP contribution in [0.2, 0.25) is 0 Å². The molecule has 0 saturated carbocycles. The van der Waals surface area contributed by atoms with Gasteiger partial charge in [-0.15, -0.1) is 5.10 Å². The van der Waals surface area contributed by atoms with E-state index in [1.54, 1.807) is 9.58 Å². The van der Waals surface area contributed by atoms with Gasteiger partial charge in [0.15, 0.2) is 0 Å². The van der Waals surface area contributed by atoms with Crippen LogP contribution in [0.15, 0.2) is 30.5 Å². The summed E-state index contributed by atoms with van der Waals surface area (Å²) in [5.74, 6) is 0. The fourth-order valence-corrected chi connectivity index (χ4v) is 2.61. The molecule has 6 nitrogen and oxygen atoms in total. The van der Waals surface area contributed by atoms with Gasteiger partial charge in [-0.2, -0.15) is 0 Å². The third kappa shape index (κ3) is 3.63. The Bertz CT molecular complexity index is 647. The summed E-state index contributed by atoms with van der Waals surface area (Å²) in [5, 5.41) is 8.13. The van der Waals surface area contributed by atoms with Gasteiger partial charge in [-0.05, 0) is 25.3 Å². The fourth-order valence-electron chi connectivity index (χ4n) is 2.61. The molecule has 2 aromatic rings. The first-order valence-electron chi connectivity index (χ1n) is 7.57. The summed E-state index contributed by atoms with van der Waals surface area (Å²) in [7, 11) is 0. The van der Waals surface area contributed by atoms with Gasteiger partial charge in [0.05, 0.1) is 12.7 Å². The largest absolute Gasteiger partial charge is 0.443 e. The molecule has 1 aliphatic heterocycles. The van der Waals surface area contributed by atoms with E-state index < -0.39 is 0 Å². The fraction of sp³-hybridized carbons (Fsp3) is 0.438. The van der Waals surface area contributed by atoms with Gasteiger partial charge in [0, 0.05) is 13.1 Å². The molecule has 116 valence electrons. The Morgan fingerprint density at radius 2 is 2.14 bits per heavy atom. The van der Waals surface area contributed by atoms with Gasteiger partial charge >= 0.3 is 6.09 Å². The van der Waals surface area contributed by atoms with Crippen molar-refractivity contribution in [1.29, 1.82) is 0 Å². The SMILES string of the molecule is Cc1cccc(Cn2cc(COC(=O)N3CCCC3)nn2)c1. The van der Waals surface area contributed by atoms with Crippen LogP contribution in [-0.2, 0) is 17.9 Å². The highest BCUT2D eigenvalue weighted by molar-refractivity contribution is 5.67. The zero-order chi connectivity index (χ0) is 15.4. The highest BCUT2D eigenvalue weighted by Crippen LogP contribution is 2.10. The van der Waals surface area contributed by atoms with Crippen LogP contribution in [-0.4, -0.2) is 39.1 Å². The first kappa shape index (κ1) is 14.6. The quantitative estimate of drug-likeness (QED) is 0.869. The van der Waals surface area contributed by atoms with E-state index in [9.17, 15) is 4.79 Å². The highest BCUT2D eigenvalue weighted by atomic mass is 16.6. The second kappa shape index (κ2) is 6.60. The van der Waals surface area contributed by atoms with Crippen molar-refractivity contribution in [2.75, 3.05) is 13.1 Å². The molecule has 0 bridgehead atoms. The van der Waals surface area contributed by atoms with E-state index >= 15 is 0 Å². The number of carbonyl (C=O) groups excluding carboxylic acids is 1. The normalized spacial score (nSPS) is 14.3. The Kier molecular flexibility index (Phi) is 4.37. The van der Waals surface area contributed by atoms with Crippen LogP contribution in [0, 0.1) is 6.92 Å². The molecule has 1 aromatic heterocycles. The molecule has 3 rings (SSSR count). The van der Waals surface area contributed by atoms with E-state index in [-0.39, 0.29) is 12.7 Å². The summed E-state index contributed by atoms with van der Waals surface area (Å²) in [6.45, 7) is 4.48. The number of amides is 1. The number of hydrogen-bond donors (Lipinski definition) is 0. The molecule has 0 atom stereocenters. The average Bonchev–Trinajstić information content (AvgIpc) is 3.16. The molecule has 0 radical (unpaired) electrons. The lowest BCUT2D eigenvalue weighted by Crippen LogP contribution is -2.28. The van der Waals surface area contributed by atoms with E-state index in [1.165, 1.54) is 11.1 Å². The highest BCUT2D eigenvalue weighted by Gasteiger charge is 2.19. The molecule has 0 aliphatic carbocycles. The average molecular weight is 300 g/mol. The lowest BCUT2D eigenvalue weighted by atomic mass is 10.1. The van der Waals surface area contributed by atoms with Gasteiger partial charge in [0.1, 0.15) is 12.3 Å². The Hall–Kier alpha value is -2.37. The molecule has 0 unspecified atom stereocenters. The summed E-state index contributed by atoms with van der Waals surface area (Å²) in [6, 6.07) is 8.27. The zero-order valence-electron chi connectivity index (χ0n) is 12.7. The number of hydrogen-bond acceptors (Lipinski definition) is 4. The number of ether oxygens (including phenoxy) is 1. The van der Waals surface area contributed by atoms with E-state index in [0.717, 1.165) is 25.9 Å². The number of nitrogens with zero attached hydrogens (tertiary/aromatic N) is 4. The minimum Gasteiger partial charge on any atom is -0.443 e. The minimum atomic E-state index is -0.259. The smallest absolute Gasteiger partial charge is 0.410 e. The Labute approximate surface area is 129 Å². The molecule has 22 heavy (non-hydrogen) atoms. The molecule has 6 heteroatoms. The van der Waals surface area contributed by atoms with Crippen LogP contribution in [0.5, 0.6) is 0 Å². The van der Waals surface area contributed by atoms with Crippen LogP contribution < -0.4 is 0 Å². The number of aromatic nitrogens is 3. The summed E-state index contributed by atoms with van der Waals surface area (Å²) in [4.78, 5) is 13.5.